The number of rotatable bonds is 22. The van der Waals surface area contributed by atoms with E-state index in [1.807, 2.05) is 0 Å². The minimum Gasteiger partial charge on any atom is -0.311 e. The summed E-state index contributed by atoms with van der Waals surface area (Å²) in [6.07, 6.45) is 19.4. The zero-order chi connectivity index (χ0) is 56.5. The van der Waals surface area contributed by atoms with Crippen LogP contribution in [0.2, 0.25) is 0 Å². The smallest absolute Gasteiger partial charge is 0.0541 e. The molecule has 0 saturated carbocycles. The van der Waals surface area contributed by atoms with E-state index < -0.39 is 0 Å². The van der Waals surface area contributed by atoms with E-state index in [2.05, 4.69) is 251 Å². The highest BCUT2D eigenvalue weighted by Gasteiger charge is 2.42. The Morgan fingerprint density at radius 3 is 1.21 bits per heavy atom. The predicted octanol–water partition coefficient (Wildman–Crippen LogP) is 23.5. The standard InChI is InChI=1S/C79H85N3/c1-9-12-14-16-18-20-46-79(47-21-19-17-15-13-10-2)73-51-57(7)22-40-67(73)68-41-28-61(53-74(68)79)60-29-45-78-72(52-60)71-50-56(6)25-44-77(71)82(78)66-38-34-64(35-39-66)80(62-30-26-59(27-31-62)58(8)11-3)63-32-36-65(37-33-63)81-75-42-23-54(4)48-69(75)70-49-55(5)24-43-76(70)81/h22-45,48-53,58H,9-21,46-47H2,1-8H3. The summed E-state index contributed by atoms with van der Waals surface area (Å²) in [7, 11) is 0. The zero-order valence-corrected chi connectivity index (χ0v) is 50.3. The number of unbranched alkanes of at least 4 members (excludes halogenated alkanes) is 10. The van der Waals surface area contributed by atoms with Gasteiger partial charge in [-0.2, -0.15) is 0 Å². The molecular formula is C79H85N3. The number of fused-ring (bicyclic) bond motifs is 9. The average Bonchev–Trinajstić information content (AvgIpc) is 4.15. The normalized spacial score (nSPS) is 13.2. The Kier molecular flexibility index (Phi) is 15.9. The van der Waals surface area contributed by atoms with Crippen LogP contribution in [0.15, 0.2) is 182 Å². The third-order valence-corrected chi connectivity index (χ3v) is 18.8. The molecule has 0 N–H and O–H groups in total. The summed E-state index contributed by atoms with van der Waals surface area (Å²) in [6.45, 7) is 18.2. The minimum atomic E-state index is 0.0355. The van der Waals surface area contributed by atoms with Crippen molar-refractivity contribution in [2.45, 2.75) is 163 Å². The van der Waals surface area contributed by atoms with E-state index in [0.29, 0.717) is 5.92 Å². The van der Waals surface area contributed by atoms with Gasteiger partial charge in [-0.05, 0) is 207 Å². The van der Waals surface area contributed by atoms with Crippen LogP contribution in [0.1, 0.15) is 169 Å². The largest absolute Gasteiger partial charge is 0.311 e. The van der Waals surface area contributed by atoms with E-state index >= 15 is 0 Å². The van der Waals surface area contributed by atoms with Gasteiger partial charge in [-0.3, -0.25) is 0 Å². The van der Waals surface area contributed by atoms with Crippen LogP contribution in [0.3, 0.4) is 0 Å². The first-order chi connectivity index (χ1) is 40.1. The monoisotopic (exact) mass is 1080 g/mol. The van der Waals surface area contributed by atoms with Crippen molar-refractivity contribution in [1.29, 1.82) is 0 Å². The van der Waals surface area contributed by atoms with E-state index in [0.717, 1.165) is 34.9 Å². The maximum Gasteiger partial charge on any atom is 0.0541 e. The highest BCUT2D eigenvalue weighted by atomic mass is 15.1. The van der Waals surface area contributed by atoms with E-state index in [9.17, 15) is 0 Å². The molecule has 0 spiro atoms. The lowest BCUT2D eigenvalue weighted by atomic mass is 9.70. The van der Waals surface area contributed by atoms with Crippen molar-refractivity contribution in [3.63, 3.8) is 0 Å². The van der Waals surface area contributed by atoms with E-state index in [-0.39, 0.29) is 5.41 Å². The molecule has 12 rings (SSSR count). The van der Waals surface area contributed by atoms with Crippen molar-refractivity contribution >= 4 is 60.7 Å². The molecule has 0 radical (unpaired) electrons. The Hall–Kier alpha value is -7.62. The Bertz CT molecular complexity index is 3980. The van der Waals surface area contributed by atoms with Gasteiger partial charge >= 0.3 is 0 Å². The highest BCUT2D eigenvalue weighted by molar-refractivity contribution is 6.11. The Balaban J connectivity index is 0.911. The molecule has 0 bridgehead atoms. The second-order valence-electron chi connectivity index (χ2n) is 24.7. The second-order valence-corrected chi connectivity index (χ2v) is 24.7. The van der Waals surface area contributed by atoms with Crippen LogP contribution in [-0.4, -0.2) is 9.13 Å². The van der Waals surface area contributed by atoms with Gasteiger partial charge in [-0.1, -0.05) is 194 Å². The van der Waals surface area contributed by atoms with Gasteiger partial charge in [-0.25, -0.2) is 0 Å². The third kappa shape index (κ3) is 10.4. The van der Waals surface area contributed by atoms with Crippen molar-refractivity contribution < 1.29 is 0 Å². The SMILES string of the molecule is CCCCCCCCC1(CCCCCCCC)c2cc(C)ccc2-c2ccc(-c3ccc4c(c3)c3cc(C)ccc3n4-c3ccc(N(c4ccc(C(C)CC)cc4)c4ccc(-n5c6ccc(C)cc6c6cc(C)ccc65)cc4)cc3)cc21. The average molecular weight is 1080 g/mol. The molecule has 0 aliphatic heterocycles. The summed E-state index contributed by atoms with van der Waals surface area (Å²) in [5.74, 6) is 0.500. The van der Waals surface area contributed by atoms with E-state index in [4.69, 9.17) is 0 Å². The summed E-state index contributed by atoms with van der Waals surface area (Å²) < 4.78 is 4.91. The first kappa shape index (κ1) is 54.9. The molecule has 0 saturated heterocycles. The van der Waals surface area contributed by atoms with Crippen molar-refractivity contribution in [3.8, 4) is 33.6 Å². The van der Waals surface area contributed by atoms with Gasteiger partial charge in [0.1, 0.15) is 0 Å². The Morgan fingerprint density at radius 2 is 0.732 bits per heavy atom. The van der Waals surface area contributed by atoms with Gasteiger partial charge in [0, 0.05) is 55.4 Å². The van der Waals surface area contributed by atoms with Crippen LogP contribution in [0.4, 0.5) is 17.1 Å². The lowest BCUT2D eigenvalue weighted by molar-refractivity contribution is 0.398. The van der Waals surface area contributed by atoms with Crippen molar-refractivity contribution in [2.24, 2.45) is 0 Å². The number of nitrogens with zero attached hydrogens (tertiary/aromatic N) is 3. The molecule has 0 fully saturated rings. The maximum absolute atomic E-state index is 2.63. The molecule has 3 heteroatoms. The fourth-order valence-electron chi connectivity index (χ4n) is 14.1. The van der Waals surface area contributed by atoms with Gasteiger partial charge in [0.05, 0.1) is 22.1 Å². The van der Waals surface area contributed by atoms with Crippen LogP contribution >= 0.6 is 0 Å². The molecule has 1 unspecified atom stereocenters. The topological polar surface area (TPSA) is 13.1 Å². The first-order valence-corrected chi connectivity index (χ1v) is 31.5. The lowest BCUT2D eigenvalue weighted by Gasteiger charge is -2.33. The summed E-state index contributed by atoms with van der Waals surface area (Å²) in [4.78, 5) is 2.42. The van der Waals surface area contributed by atoms with Gasteiger partial charge in [0.2, 0.25) is 0 Å². The number of aromatic nitrogens is 2. The van der Waals surface area contributed by atoms with Crippen LogP contribution in [0.25, 0.3) is 77.2 Å². The molecule has 1 aliphatic rings. The van der Waals surface area contributed by atoms with E-state index in [1.165, 1.54) is 184 Å². The second kappa shape index (κ2) is 23.7. The van der Waals surface area contributed by atoms with Crippen molar-refractivity contribution in [1.82, 2.24) is 9.13 Å². The number of benzene rings is 9. The lowest BCUT2D eigenvalue weighted by Crippen LogP contribution is -2.25. The minimum absolute atomic E-state index is 0.0355. The van der Waals surface area contributed by atoms with Crippen LogP contribution in [0.5, 0.6) is 0 Å². The van der Waals surface area contributed by atoms with Crippen LogP contribution < -0.4 is 4.90 Å². The molecule has 0 amide bonds. The number of anilines is 3. The van der Waals surface area contributed by atoms with Crippen molar-refractivity contribution in [3.05, 3.63) is 221 Å². The first-order valence-electron chi connectivity index (χ1n) is 31.5. The van der Waals surface area contributed by atoms with Crippen molar-refractivity contribution in [2.75, 3.05) is 4.90 Å². The Morgan fingerprint density at radius 1 is 0.366 bits per heavy atom. The van der Waals surface area contributed by atoms with Gasteiger partial charge in [0.15, 0.2) is 0 Å². The summed E-state index contributed by atoms with van der Waals surface area (Å²) in [5, 5.41) is 5.18. The maximum atomic E-state index is 2.63. The molecule has 9 aromatic carbocycles. The molecule has 11 aromatic rings. The molecule has 2 heterocycles. The molecule has 1 atom stereocenters. The van der Waals surface area contributed by atoms with E-state index in [1.54, 1.807) is 11.1 Å². The van der Waals surface area contributed by atoms with Crippen LogP contribution in [-0.2, 0) is 5.41 Å². The number of aryl methyl sites for hydroxylation is 4. The predicted molar refractivity (Wildman–Crippen MR) is 355 cm³/mol. The third-order valence-electron chi connectivity index (χ3n) is 18.8. The zero-order valence-electron chi connectivity index (χ0n) is 50.3. The van der Waals surface area contributed by atoms with Crippen LogP contribution in [0, 0.1) is 27.7 Å². The number of hydrogen-bond donors (Lipinski definition) is 0. The quantitative estimate of drug-likeness (QED) is 0.0617. The molecule has 1 aliphatic carbocycles. The van der Waals surface area contributed by atoms with Gasteiger partial charge < -0.3 is 14.0 Å². The molecule has 416 valence electrons. The fourth-order valence-corrected chi connectivity index (χ4v) is 14.1. The highest BCUT2D eigenvalue weighted by Crippen LogP contribution is 2.55. The molecule has 82 heavy (non-hydrogen) atoms. The molecule has 3 nitrogen and oxygen atoms in total. The summed E-state index contributed by atoms with van der Waals surface area (Å²) >= 11 is 0. The summed E-state index contributed by atoms with van der Waals surface area (Å²) in [6, 6.07) is 70.6. The summed E-state index contributed by atoms with van der Waals surface area (Å²) in [5.41, 5.74) is 25.9. The molecular weight excluding hydrogens is 991 g/mol. The van der Waals surface area contributed by atoms with Gasteiger partial charge in [-0.15, -0.1) is 0 Å². The van der Waals surface area contributed by atoms with Gasteiger partial charge in [0.25, 0.3) is 0 Å². The molecule has 2 aromatic heterocycles. The Labute approximate surface area is 489 Å². The fraction of sp³-hybridized carbons (Fsp3) is 0.316. The number of hydrogen-bond acceptors (Lipinski definition) is 1.